The van der Waals surface area contributed by atoms with Crippen molar-refractivity contribution in [3.05, 3.63) is 40.6 Å². The van der Waals surface area contributed by atoms with Gasteiger partial charge in [0.25, 0.3) is 0 Å². The van der Waals surface area contributed by atoms with Crippen LogP contribution in [0.2, 0.25) is 0 Å². The molecule has 2 aromatic heterocycles. The molecule has 3 rings (SSSR count). The van der Waals surface area contributed by atoms with E-state index in [-0.39, 0.29) is 29.6 Å². The summed E-state index contributed by atoms with van der Waals surface area (Å²) in [6, 6.07) is 7.46. The van der Waals surface area contributed by atoms with Crippen molar-refractivity contribution in [3.8, 4) is 0 Å². The van der Waals surface area contributed by atoms with Crippen LogP contribution < -0.4 is 5.73 Å². The maximum absolute atomic E-state index is 12.2. The summed E-state index contributed by atoms with van der Waals surface area (Å²) >= 11 is 0.376. The maximum atomic E-state index is 12.2. The molecule has 19 heavy (non-hydrogen) atoms. The van der Waals surface area contributed by atoms with Gasteiger partial charge in [-0.05, 0) is 6.07 Å². The van der Waals surface area contributed by atoms with Gasteiger partial charge in [0.15, 0.2) is 0 Å². The minimum atomic E-state index is -1.20. The first-order chi connectivity index (χ1) is 8.74. The zero-order valence-electron chi connectivity index (χ0n) is 9.42. The second-order valence-corrected chi connectivity index (χ2v) is 6.01. The predicted octanol–water partition coefficient (Wildman–Crippen LogP) is 1.87. The number of nitrogens with two attached hydrogens (primary N) is 1. The van der Waals surface area contributed by atoms with Gasteiger partial charge in [0, 0.05) is 33.2 Å². The summed E-state index contributed by atoms with van der Waals surface area (Å²) in [5, 5.41) is 4.40. The number of nitrogens with zero attached hydrogens (tertiary/aromatic N) is 1. The number of benzene rings is 1. The number of fused-ring (bicyclic) bond motifs is 1. The number of para-hydroxylation sites is 1. The molecule has 0 fully saturated rings. The molecule has 0 radical (unpaired) electrons. The van der Waals surface area contributed by atoms with Gasteiger partial charge in [-0.25, -0.2) is 0 Å². The van der Waals surface area contributed by atoms with E-state index in [1.165, 1.54) is 0 Å². The third kappa shape index (κ3) is 3.16. The van der Waals surface area contributed by atoms with E-state index in [2.05, 4.69) is 9.97 Å². The van der Waals surface area contributed by atoms with E-state index in [0.717, 1.165) is 16.6 Å². The first-order valence-corrected chi connectivity index (χ1v) is 7.64. The van der Waals surface area contributed by atoms with Gasteiger partial charge in [-0.2, -0.15) is 4.98 Å². The SMILES string of the molecule is Nc1ccccc1C[S+]([O-])c1nc2cscc2[nH]1.[NaH]. The number of aromatic nitrogens is 2. The molecule has 0 aliphatic carbocycles. The summed E-state index contributed by atoms with van der Waals surface area (Å²) in [5.74, 6) is 0.381. The number of imidazole rings is 1. The van der Waals surface area contributed by atoms with Crippen LogP contribution >= 0.6 is 11.3 Å². The Morgan fingerprint density at radius 2 is 2.11 bits per heavy atom. The predicted molar refractivity (Wildman–Crippen MR) is 82.1 cm³/mol. The molecule has 4 nitrogen and oxygen atoms in total. The number of nitrogen functional groups attached to an aromatic ring is 1. The molecule has 2 heterocycles. The van der Waals surface area contributed by atoms with Crippen molar-refractivity contribution in [2.24, 2.45) is 0 Å². The summed E-state index contributed by atoms with van der Waals surface area (Å²) in [5.41, 5.74) is 9.19. The van der Waals surface area contributed by atoms with E-state index in [9.17, 15) is 4.55 Å². The molecule has 0 amide bonds. The Hall–Kier alpha value is -0.500. The Morgan fingerprint density at radius 1 is 1.32 bits per heavy atom. The summed E-state index contributed by atoms with van der Waals surface area (Å²) in [4.78, 5) is 7.39. The molecule has 3 aromatic rings. The van der Waals surface area contributed by atoms with Crippen molar-refractivity contribution >= 4 is 68.8 Å². The number of nitrogens with one attached hydrogen (secondary N) is 1. The fraction of sp³-hybridized carbons (Fsp3) is 0.0833. The van der Waals surface area contributed by atoms with Gasteiger partial charge in [0.1, 0.15) is 11.3 Å². The van der Waals surface area contributed by atoms with Gasteiger partial charge in [0.2, 0.25) is 0 Å². The number of hydrogen-bond acceptors (Lipinski definition) is 4. The summed E-state index contributed by atoms with van der Waals surface area (Å²) < 4.78 is 12.2. The molecule has 3 N–H and O–H groups in total. The van der Waals surface area contributed by atoms with Gasteiger partial charge in [-0.15, -0.1) is 11.3 Å². The van der Waals surface area contributed by atoms with E-state index >= 15 is 0 Å². The van der Waals surface area contributed by atoms with Crippen molar-refractivity contribution in [3.63, 3.8) is 0 Å². The van der Waals surface area contributed by atoms with Crippen molar-refractivity contribution in [2.45, 2.75) is 10.9 Å². The number of thiophene rings is 1. The van der Waals surface area contributed by atoms with Crippen LogP contribution in [0.25, 0.3) is 11.0 Å². The topological polar surface area (TPSA) is 77.8 Å². The molecule has 94 valence electrons. The van der Waals surface area contributed by atoms with Crippen molar-refractivity contribution in [1.29, 1.82) is 0 Å². The summed E-state index contributed by atoms with van der Waals surface area (Å²) in [6.45, 7) is 0. The molecule has 0 aliphatic heterocycles. The summed E-state index contributed by atoms with van der Waals surface area (Å²) in [6.07, 6.45) is 0. The van der Waals surface area contributed by atoms with Crippen molar-refractivity contribution in [2.75, 3.05) is 5.73 Å². The normalized spacial score (nSPS) is 12.3. The minimum absolute atomic E-state index is 0. The van der Waals surface area contributed by atoms with Crippen LogP contribution in [0, 0.1) is 0 Å². The molecule has 1 aromatic carbocycles. The van der Waals surface area contributed by atoms with Crippen LogP contribution in [0.3, 0.4) is 0 Å². The van der Waals surface area contributed by atoms with Gasteiger partial charge in [0.05, 0.1) is 5.52 Å². The molecule has 0 spiro atoms. The second-order valence-electron chi connectivity index (χ2n) is 3.90. The molecule has 0 saturated carbocycles. The van der Waals surface area contributed by atoms with Gasteiger partial charge in [-0.1, -0.05) is 18.2 Å². The summed E-state index contributed by atoms with van der Waals surface area (Å²) in [7, 11) is 0. The molecule has 7 heteroatoms. The Bertz CT molecular complexity index is 654. The molecular formula is C12H12N3NaOS2. The van der Waals surface area contributed by atoms with Crippen molar-refractivity contribution < 1.29 is 4.55 Å². The fourth-order valence-electron chi connectivity index (χ4n) is 1.71. The molecule has 1 atom stereocenters. The van der Waals surface area contributed by atoms with E-state index in [0.29, 0.717) is 16.6 Å². The quantitative estimate of drug-likeness (QED) is 0.440. The Balaban J connectivity index is 0.00000133. The van der Waals surface area contributed by atoms with Crippen LogP contribution in [-0.4, -0.2) is 44.1 Å². The third-order valence-electron chi connectivity index (χ3n) is 2.66. The molecular weight excluding hydrogens is 289 g/mol. The van der Waals surface area contributed by atoms with Gasteiger partial charge < -0.3 is 10.3 Å². The molecule has 0 bridgehead atoms. The average Bonchev–Trinajstić information content (AvgIpc) is 2.92. The molecule has 1 unspecified atom stereocenters. The number of rotatable bonds is 3. The zero-order chi connectivity index (χ0) is 12.5. The Morgan fingerprint density at radius 3 is 2.84 bits per heavy atom. The van der Waals surface area contributed by atoms with E-state index < -0.39 is 11.2 Å². The zero-order valence-corrected chi connectivity index (χ0v) is 11.1. The van der Waals surface area contributed by atoms with E-state index in [1.54, 1.807) is 11.3 Å². The van der Waals surface area contributed by atoms with Crippen LogP contribution in [0.5, 0.6) is 0 Å². The van der Waals surface area contributed by atoms with Crippen LogP contribution in [-0.2, 0) is 16.9 Å². The Labute approximate surface area is 139 Å². The first-order valence-electron chi connectivity index (χ1n) is 5.38. The van der Waals surface area contributed by atoms with E-state index in [1.807, 2.05) is 35.0 Å². The standard InChI is InChI=1S/C12H11N3OS2.Na.H/c13-9-4-2-1-3-8(9)7-18(16)12-14-10-5-17-6-11(10)15-12;;/h1-6H,7,13H2,(H,14,15);;. The number of H-pyrrole nitrogens is 1. The van der Waals surface area contributed by atoms with Crippen LogP contribution in [0.1, 0.15) is 5.56 Å². The molecule has 0 aliphatic rings. The van der Waals surface area contributed by atoms with Crippen molar-refractivity contribution in [1.82, 2.24) is 9.97 Å². The number of aromatic amines is 1. The number of hydrogen-bond donors (Lipinski definition) is 2. The first kappa shape index (κ1) is 14.9. The second kappa shape index (κ2) is 6.30. The molecule has 0 saturated heterocycles. The van der Waals surface area contributed by atoms with Crippen LogP contribution in [0.4, 0.5) is 5.69 Å². The fourth-order valence-corrected chi connectivity index (χ4v) is 3.50. The van der Waals surface area contributed by atoms with E-state index in [4.69, 9.17) is 5.73 Å². The average molecular weight is 301 g/mol. The monoisotopic (exact) mass is 301 g/mol. The van der Waals surface area contributed by atoms with Crippen LogP contribution in [0.15, 0.2) is 40.2 Å². The third-order valence-corrected chi connectivity index (χ3v) is 4.59. The number of anilines is 1. The van der Waals surface area contributed by atoms with Gasteiger partial charge in [-0.3, -0.25) is 4.98 Å². The Kier molecular flexibility index (Phi) is 4.94. The van der Waals surface area contributed by atoms with Gasteiger partial charge >= 0.3 is 34.7 Å².